The Bertz CT molecular complexity index is 2240. The van der Waals surface area contributed by atoms with Crippen molar-refractivity contribution in [3.8, 4) is 17.2 Å². The van der Waals surface area contributed by atoms with Gasteiger partial charge in [0.2, 0.25) is 0 Å². The molecule has 126 heavy (non-hydrogen) atoms. The predicted octanol–water partition coefficient (Wildman–Crippen LogP) is 38.8. The predicted molar refractivity (Wildman–Crippen MR) is 642 cm³/mol. The minimum absolute atomic E-state index is 0.164. The van der Waals surface area contributed by atoms with E-state index in [2.05, 4.69) is 234 Å². The van der Waals surface area contributed by atoms with Crippen LogP contribution in [-0.4, -0.2) is 198 Å². The Hall–Kier alpha value is 3.17. The lowest BCUT2D eigenvalue weighted by Crippen LogP contribution is -2.35. The SMILES string of the molecule is C[Si](C)CCC[Si](C)(CCC[Si](C)C)CCC[Si](C)(CCCOc1cc(OCCC[Si](C)(CCC[Si](C)(CCC[Si](C)C)CCC[Si](C)C)CCC[Si](C)(CCC[Si](C)C)CCC[Si](C)C)cc(OCCC[Si](C)(CCC[Si](C)(CCC[Si](C)C)CCC[Si](C)C)CCC[Si](C)(CCC[Si](C)C)CCC[Si](C)C)c1)CCC[Si](C)(CCC[Si](C)C)CCC[Si](C)C. The van der Waals surface area contributed by atoms with Gasteiger partial charge in [-0.05, 0) is 19.3 Å². The molecule has 3 nitrogen and oxygen atoms in total. The largest absolute Gasteiger partial charge is 0.493 e. The molecule has 0 spiro atoms. The van der Waals surface area contributed by atoms with Gasteiger partial charge in [0.15, 0.2) is 0 Å². The average molecular weight is 2090 g/mol. The molecule has 0 aliphatic rings. The fourth-order valence-electron chi connectivity index (χ4n) is 22.3. The van der Waals surface area contributed by atoms with Crippen molar-refractivity contribution in [1.82, 2.24) is 0 Å². The lowest BCUT2D eigenvalue weighted by Gasteiger charge is -2.34. The second-order valence-electron chi connectivity index (χ2n) is 50.6. The Morgan fingerprint density at radius 1 is 0.143 bits per heavy atom. The van der Waals surface area contributed by atoms with Gasteiger partial charge in [-0.3, -0.25) is 0 Å². The second kappa shape index (κ2) is 70.7. The van der Waals surface area contributed by atoms with Gasteiger partial charge in [0.25, 0.3) is 0 Å². The molecular weight excluding hydrogens is 1860 g/mol. The molecule has 0 N–H and O–H groups in total. The summed E-state index contributed by atoms with van der Waals surface area (Å²) in [5, 5.41) is 0. The van der Waals surface area contributed by atoms with Crippen LogP contribution in [0.5, 0.6) is 17.2 Å². The molecule has 0 fully saturated rings. The van der Waals surface area contributed by atoms with Gasteiger partial charge in [0, 0.05) is 124 Å². The summed E-state index contributed by atoms with van der Waals surface area (Å²) in [6.45, 7) is 90.3. The first-order chi connectivity index (χ1) is 59.0. The van der Waals surface area contributed by atoms with Crippen molar-refractivity contribution >= 4 is 178 Å². The molecule has 12 radical (unpaired) electrons. The minimum Gasteiger partial charge on any atom is -0.493 e. The summed E-state index contributed by atoms with van der Waals surface area (Å²) in [4.78, 5) is 0. The topological polar surface area (TPSA) is 27.7 Å². The molecule has 738 valence electrons. The number of benzene rings is 1. The van der Waals surface area contributed by atoms with Crippen molar-refractivity contribution < 1.29 is 14.2 Å². The van der Waals surface area contributed by atoms with E-state index in [-0.39, 0.29) is 106 Å². The summed E-state index contributed by atoms with van der Waals surface area (Å²) in [5.41, 5.74) is 0. The van der Waals surface area contributed by atoms with Gasteiger partial charge in [-0.25, -0.2) is 0 Å². The van der Waals surface area contributed by atoms with E-state index in [1.165, 1.54) is 225 Å². The van der Waals surface area contributed by atoms with E-state index in [1.54, 1.807) is 145 Å². The quantitative estimate of drug-likeness (QED) is 0.0481. The average Bonchev–Trinajstić information content (AvgIpc) is 0.864. The van der Waals surface area contributed by atoms with Crippen LogP contribution >= 0.6 is 0 Å². The zero-order valence-corrected chi connectivity index (χ0v) is 114. The van der Waals surface area contributed by atoms with Gasteiger partial charge >= 0.3 is 0 Å². The fourth-order valence-corrected chi connectivity index (χ4v) is 73.8. The molecule has 0 saturated carbocycles. The molecule has 0 heterocycles. The smallest absolute Gasteiger partial charge is 0.126 e. The van der Waals surface area contributed by atoms with Crippen molar-refractivity contribution in [2.45, 2.75) is 587 Å². The molecule has 1 rings (SSSR count). The number of hydrogen-bond donors (Lipinski definition) is 0. The fraction of sp³-hybridized carbons (Fsp3) is 0.941. The standard InChI is InChI=1S/C102H228O3Si21/c1-106(2)58-37-73-121(28,74-38-59-107(3)4)91-49-85-118(25,86-50-92-122(29,75-39-60-108(5)6)76-40-61-109(7)8)70-34-55-103-100-97-101(104-56-35-71-119(26,87-51-93-123(30,77-41-62-110(9)10)78-42-63-111(11)12)88-52-94-124(31,79-43-64-112(13)14)80-44-65-113(15)16)99-102(98-100)105-57-36-72-120(27,89-53-95-125(32,81-45-66-114(17)18)82-46-67-115(19)20)90-54-96-126(33,83-47-68-116(21)22)84-48-69-117(23)24/h97-99H,34-96H2,1-33H3. The highest BCUT2D eigenvalue weighted by Gasteiger charge is 2.38. The van der Waals surface area contributed by atoms with Crippen molar-refractivity contribution in [2.24, 2.45) is 0 Å². The number of rotatable bonds is 87. The van der Waals surface area contributed by atoms with Gasteiger partial charge in [-0.2, -0.15) is 0 Å². The normalized spacial score (nSPS) is 13.6. The molecule has 24 heteroatoms. The summed E-state index contributed by atoms with van der Waals surface area (Å²) < 4.78 is 21.8. The Kier molecular flexibility index (Phi) is 71.4. The van der Waals surface area contributed by atoms with E-state index in [1.807, 2.05) is 0 Å². The molecular formula is C102H228O3Si21. The molecule has 0 unspecified atom stereocenters. The summed E-state index contributed by atoms with van der Waals surface area (Å²) in [6.07, 6.45) is 30.9. The third-order valence-electron chi connectivity index (χ3n) is 31.3. The molecule has 1 aromatic rings. The Morgan fingerprint density at radius 3 is 0.325 bits per heavy atom. The highest BCUT2D eigenvalue weighted by atomic mass is 28.3. The van der Waals surface area contributed by atoms with Gasteiger partial charge in [-0.15, -0.1) is 0 Å². The Morgan fingerprint density at radius 2 is 0.230 bits per heavy atom. The Labute approximate surface area is 826 Å². The Balaban J connectivity index is 4.15. The summed E-state index contributed by atoms with van der Waals surface area (Å²) in [6, 6.07) is 67.7. The maximum Gasteiger partial charge on any atom is 0.126 e. The van der Waals surface area contributed by atoms with Crippen molar-refractivity contribution in [3.05, 3.63) is 18.2 Å². The third-order valence-corrected chi connectivity index (χ3v) is 89.7. The zero-order chi connectivity index (χ0) is 95.0. The van der Waals surface area contributed by atoms with Crippen LogP contribution in [0.4, 0.5) is 0 Å². The second-order valence-corrected chi connectivity index (χ2v) is 132. The van der Waals surface area contributed by atoms with Crippen LogP contribution in [0.15, 0.2) is 18.2 Å². The summed E-state index contributed by atoms with van der Waals surface area (Å²) in [7, 11) is -14.5. The molecule has 0 bridgehead atoms. The highest BCUT2D eigenvalue weighted by Crippen LogP contribution is 2.42. The first-order valence-electron chi connectivity index (χ1n) is 54.5. The van der Waals surface area contributed by atoms with Crippen LogP contribution in [0, 0.1) is 0 Å². The zero-order valence-electron chi connectivity index (χ0n) is 92.5. The number of ether oxygens (including phenoxy) is 3. The van der Waals surface area contributed by atoms with E-state index in [9.17, 15) is 0 Å². The van der Waals surface area contributed by atoms with E-state index in [4.69, 9.17) is 14.2 Å². The third kappa shape index (κ3) is 69.1. The van der Waals surface area contributed by atoms with E-state index in [0.29, 0.717) is 0 Å². The van der Waals surface area contributed by atoms with E-state index in [0.717, 1.165) is 37.1 Å². The molecule has 1 aromatic carbocycles. The lowest BCUT2D eigenvalue weighted by atomic mass is 10.3. The molecule has 0 aliphatic heterocycles. The maximum absolute atomic E-state index is 7.27. The van der Waals surface area contributed by atoms with Gasteiger partial charge in [-0.1, -0.05) is 567 Å². The summed E-state index contributed by atoms with van der Waals surface area (Å²) >= 11 is 0. The van der Waals surface area contributed by atoms with Crippen LogP contribution < -0.4 is 14.2 Å². The lowest BCUT2D eigenvalue weighted by molar-refractivity contribution is 0.286. The van der Waals surface area contributed by atoms with Gasteiger partial charge in [0.05, 0.1) is 92.5 Å². The van der Waals surface area contributed by atoms with E-state index < -0.39 is 72.7 Å². The van der Waals surface area contributed by atoms with E-state index >= 15 is 0 Å². The van der Waals surface area contributed by atoms with Crippen LogP contribution in [0.2, 0.25) is 452 Å². The monoisotopic (exact) mass is 2090 g/mol. The molecule has 0 amide bonds. The highest BCUT2D eigenvalue weighted by molar-refractivity contribution is 6.84. The first kappa shape index (κ1) is 127. The van der Waals surface area contributed by atoms with Crippen LogP contribution in [0.1, 0.15) is 135 Å². The minimum atomic E-state index is -1.57. The van der Waals surface area contributed by atoms with Crippen LogP contribution in [-0.2, 0) is 0 Å². The van der Waals surface area contributed by atoms with Crippen molar-refractivity contribution in [3.63, 3.8) is 0 Å². The first-order valence-corrected chi connectivity index (χ1v) is 115. The van der Waals surface area contributed by atoms with Crippen molar-refractivity contribution in [2.75, 3.05) is 19.8 Å². The van der Waals surface area contributed by atoms with Crippen molar-refractivity contribution in [1.29, 1.82) is 0 Å². The van der Waals surface area contributed by atoms with Crippen LogP contribution in [0.3, 0.4) is 0 Å². The maximum atomic E-state index is 7.27. The molecule has 0 atom stereocenters. The van der Waals surface area contributed by atoms with Crippen LogP contribution in [0.25, 0.3) is 0 Å². The number of hydrogen-bond acceptors (Lipinski definition) is 3. The summed E-state index contributed by atoms with van der Waals surface area (Å²) in [5.74, 6) is 3.03. The molecule has 0 aliphatic carbocycles. The molecule has 0 saturated heterocycles. The van der Waals surface area contributed by atoms with Gasteiger partial charge < -0.3 is 14.2 Å². The molecule has 0 aromatic heterocycles. The van der Waals surface area contributed by atoms with Gasteiger partial charge in [0.1, 0.15) is 17.2 Å².